The van der Waals surface area contributed by atoms with Crippen molar-refractivity contribution in [3.8, 4) is 11.4 Å². The molecule has 2 aromatic heterocycles. The van der Waals surface area contributed by atoms with Gasteiger partial charge >= 0.3 is 0 Å². The SMILES string of the molecule is O=C(c1ccsc1)N1CCC[C@H](c2nc(-c3ccccc3)n[nH]2)C1. The van der Waals surface area contributed by atoms with Gasteiger partial charge in [-0.3, -0.25) is 9.89 Å². The zero-order valence-electron chi connectivity index (χ0n) is 13.2. The monoisotopic (exact) mass is 338 g/mol. The van der Waals surface area contributed by atoms with Crippen molar-refractivity contribution < 1.29 is 4.79 Å². The largest absolute Gasteiger partial charge is 0.338 e. The normalized spacial score (nSPS) is 17.8. The van der Waals surface area contributed by atoms with Gasteiger partial charge in [0.15, 0.2) is 5.82 Å². The van der Waals surface area contributed by atoms with Crippen LogP contribution in [0.3, 0.4) is 0 Å². The second kappa shape index (κ2) is 6.57. The first-order chi connectivity index (χ1) is 11.8. The summed E-state index contributed by atoms with van der Waals surface area (Å²) < 4.78 is 0. The molecule has 122 valence electrons. The van der Waals surface area contributed by atoms with Gasteiger partial charge in [-0.25, -0.2) is 4.98 Å². The number of carbonyl (C=O) groups is 1. The summed E-state index contributed by atoms with van der Waals surface area (Å²) in [7, 11) is 0. The summed E-state index contributed by atoms with van der Waals surface area (Å²) in [4.78, 5) is 19.1. The number of likely N-dealkylation sites (tertiary alicyclic amines) is 1. The Morgan fingerprint density at radius 3 is 2.92 bits per heavy atom. The Balaban J connectivity index is 1.50. The highest BCUT2D eigenvalue weighted by Crippen LogP contribution is 2.27. The van der Waals surface area contributed by atoms with Crippen LogP contribution in [0.5, 0.6) is 0 Å². The Morgan fingerprint density at radius 2 is 2.12 bits per heavy atom. The van der Waals surface area contributed by atoms with Crippen molar-refractivity contribution in [2.45, 2.75) is 18.8 Å². The molecule has 3 heterocycles. The van der Waals surface area contributed by atoms with E-state index in [4.69, 9.17) is 0 Å². The molecule has 0 radical (unpaired) electrons. The zero-order valence-corrected chi connectivity index (χ0v) is 14.0. The van der Waals surface area contributed by atoms with Crippen LogP contribution in [0.1, 0.15) is 34.9 Å². The van der Waals surface area contributed by atoms with Crippen LogP contribution in [-0.4, -0.2) is 39.1 Å². The van der Waals surface area contributed by atoms with E-state index in [-0.39, 0.29) is 11.8 Å². The lowest BCUT2D eigenvalue weighted by Gasteiger charge is -2.31. The van der Waals surface area contributed by atoms with Crippen molar-refractivity contribution >= 4 is 17.2 Å². The van der Waals surface area contributed by atoms with E-state index in [1.54, 1.807) is 11.3 Å². The lowest BCUT2D eigenvalue weighted by Crippen LogP contribution is -2.39. The third kappa shape index (κ3) is 2.97. The summed E-state index contributed by atoms with van der Waals surface area (Å²) in [6.45, 7) is 1.50. The van der Waals surface area contributed by atoms with E-state index in [1.807, 2.05) is 52.1 Å². The smallest absolute Gasteiger partial charge is 0.254 e. The number of amides is 1. The molecule has 1 fully saturated rings. The van der Waals surface area contributed by atoms with Crippen molar-refractivity contribution in [2.24, 2.45) is 0 Å². The highest BCUT2D eigenvalue weighted by Gasteiger charge is 2.27. The Labute approximate surface area is 144 Å². The van der Waals surface area contributed by atoms with Crippen LogP contribution >= 0.6 is 11.3 Å². The molecule has 0 bridgehead atoms. The fourth-order valence-corrected chi connectivity index (χ4v) is 3.76. The fourth-order valence-electron chi connectivity index (χ4n) is 3.13. The van der Waals surface area contributed by atoms with E-state index in [0.717, 1.165) is 36.3 Å². The molecular formula is C18H18N4OS. The molecule has 6 heteroatoms. The van der Waals surface area contributed by atoms with Gasteiger partial charge in [-0.05, 0) is 24.3 Å². The number of hydrogen-bond donors (Lipinski definition) is 1. The summed E-state index contributed by atoms with van der Waals surface area (Å²) in [6, 6.07) is 11.8. The summed E-state index contributed by atoms with van der Waals surface area (Å²) in [5.74, 6) is 1.92. The average Bonchev–Trinajstić information content (AvgIpc) is 3.34. The van der Waals surface area contributed by atoms with E-state index in [2.05, 4.69) is 15.2 Å². The molecule has 1 N–H and O–H groups in total. The molecule has 4 rings (SSSR count). The molecule has 24 heavy (non-hydrogen) atoms. The molecule has 0 unspecified atom stereocenters. The number of nitrogens with zero attached hydrogens (tertiary/aromatic N) is 3. The van der Waals surface area contributed by atoms with Gasteiger partial charge in [0.1, 0.15) is 5.82 Å². The standard InChI is InChI=1S/C18H18N4OS/c23-18(15-8-10-24-12-15)22-9-4-7-14(11-22)17-19-16(20-21-17)13-5-2-1-3-6-13/h1-3,5-6,8,10,12,14H,4,7,9,11H2,(H,19,20,21)/t14-/m0/s1. The molecular weight excluding hydrogens is 320 g/mol. The molecule has 1 aromatic carbocycles. The third-order valence-corrected chi connectivity index (χ3v) is 5.08. The van der Waals surface area contributed by atoms with Gasteiger partial charge < -0.3 is 4.90 Å². The van der Waals surface area contributed by atoms with Crippen molar-refractivity contribution in [1.29, 1.82) is 0 Å². The van der Waals surface area contributed by atoms with Crippen LogP contribution in [0.4, 0.5) is 0 Å². The minimum absolute atomic E-state index is 0.115. The first kappa shape index (κ1) is 15.1. The maximum Gasteiger partial charge on any atom is 0.254 e. The summed E-state index contributed by atoms with van der Waals surface area (Å²) in [5, 5.41) is 11.3. The summed E-state index contributed by atoms with van der Waals surface area (Å²) >= 11 is 1.55. The van der Waals surface area contributed by atoms with Crippen LogP contribution in [0.15, 0.2) is 47.2 Å². The van der Waals surface area contributed by atoms with Crippen molar-refractivity contribution in [3.63, 3.8) is 0 Å². The molecule has 3 aromatic rings. The van der Waals surface area contributed by atoms with Crippen molar-refractivity contribution in [2.75, 3.05) is 13.1 Å². The van der Waals surface area contributed by atoms with Gasteiger partial charge in [0.05, 0.1) is 5.56 Å². The molecule has 1 aliphatic rings. The van der Waals surface area contributed by atoms with Crippen LogP contribution in [0, 0.1) is 0 Å². The number of thiophene rings is 1. The summed E-state index contributed by atoms with van der Waals surface area (Å²) in [6.07, 6.45) is 2.01. The first-order valence-electron chi connectivity index (χ1n) is 8.10. The van der Waals surface area contributed by atoms with E-state index in [0.29, 0.717) is 12.4 Å². The zero-order chi connectivity index (χ0) is 16.4. The number of aromatic amines is 1. The van der Waals surface area contributed by atoms with Crippen molar-refractivity contribution in [3.05, 3.63) is 58.5 Å². The van der Waals surface area contributed by atoms with Crippen LogP contribution < -0.4 is 0 Å². The Morgan fingerprint density at radius 1 is 1.25 bits per heavy atom. The third-order valence-electron chi connectivity index (χ3n) is 4.40. The molecule has 1 saturated heterocycles. The lowest BCUT2D eigenvalue weighted by molar-refractivity contribution is 0.0705. The number of hydrogen-bond acceptors (Lipinski definition) is 4. The van der Waals surface area contributed by atoms with Gasteiger partial charge in [-0.1, -0.05) is 30.3 Å². The number of aromatic nitrogens is 3. The molecule has 1 amide bonds. The Hall–Kier alpha value is -2.47. The molecule has 5 nitrogen and oxygen atoms in total. The molecule has 0 spiro atoms. The predicted molar refractivity (Wildman–Crippen MR) is 94.0 cm³/mol. The number of H-pyrrole nitrogens is 1. The second-order valence-electron chi connectivity index (χ2n) is 6.01. The summed E-state index contributed by atoms with van der Waals surface area (Å²) in [5.41, 5.74) is 1.78. The van der Waals surface area contributed by atoms with E-state index < -0.39 is 0 Å². The Kier molecular flexibility index (Phi) is 4.13. The van der Waals surface area contributed by atoms with Crippen LogP contribution in [0.2, 0.25) is 0 Å². The highest BCUT2D eigenvalue weighted by molar-refractivity contribution is 7.08. The van der Waals surface area contributed by atoms with Crippen molar-refractivity contribution in [1.82, 2.24) is 20.1 Å². The average molecular weight is 338 g/mol. The van der Waals surface area contributed by atoms with Gasteiger partial charge in [0, 0.05) is 30.0 Å². The van der Waals surface area contributed by atoms with Gasteiger partial charge in [-0.2, -0.15) is 16.4 Å². The van der Waals surface area contributed by atoms with Gasteiger partial charge in [0.2, 0.25) is 0 Å². The number of nitrogens with one attached hydrogen (secondary N) is 1. The highest BCUT2D eigenvalue weighted by atomic mass is 32.1. The number of piperidine rings is 1. The van der Waals surface area contributed by atoms with Crippen LogP contribution in [0.25, 0.3) is 11.4 Å². The van der Waals surface area contributed by atoms with E-state index >= 15 is 0 Å². The Bertz CT molecular complexity index is 813. The minimum atomic E-state index is 0.115. The molecule has 0 saturated carbocycles. The van der Waals surface area contributed by atoms with E-state index in [9.17, 15) is 4.79 Å². The van der Waals surface area contributed by atoms with Gasteiger partial charge in [0.25, 0.3) is 5.91 Å². The van der Waals surface area contributed by atoms with E-state index in [1.165, 1.54) is 0 Å². The topological polar surface area (TPSA) is 61.9 Å². The molecule has 1 atom stereocenters. The fraction of sp³-hybridized carbons (Fsp3) is 0.278. The number of rotatable bonds is 3. The predicted octanol–water partition coefficient (Wildman–Crippen LogP) is 3.55. The van der Waals surface area contributed by atoms with Gasteiger partial charge in [-0.15, -0.1) is 0 Å². The number of benzene rings is 1. The molecule has 0 aliphatic carbocycles. The molecule has 1 aliphatic heterocycles. The van der Waals surface area contributed by atoms with Crippen LogP contribution in [-0.2, 0) is 0 Å². The lowest BCUT2D eigenvalue weighted by atomic mass is 9.97. The number of carbonyl (C=O) groups excluding carboxylic acids is 1. The maximum absolute atomic E-state index is 12.6. The minimum Gasteiger partial charge on any atom is -0.338 e. The quantitative estimate of drug-likeness (QED) is 0.794. The maximum atomic E-state index is 12.6. The first-order valence-corrected chi connectivity index (χ1v) is 9.05. The second-order valence-corrected chi connectivity index (χ2v) is 6.79.